The van der Waals surface area contributed by atoms with Gasteiger partial charge in [-0.2, -0.15) is 8.78 Å². The van der Waals surface area contributed by atoms with Gasteiger partial charge in [-0.3, -0.25) is 9.59 Å². The number of esters is 1. The Labute approximate surface area is 207 Å². The standard InChI is InChI=1S/C25H24F2N2O6S/c1-17-14-22(18(2)29(17)20-8-10-21(11-9-20)35-25(26)27)23(30)16-34-24(31)15-28-36(32,33)13-12-19-6-4-3-5-7-19/h3-14,25,28H,15-16H2,1-2H3. The van der Waals surface area contributed by atoms with E-state index in [4.69, 9.17) is 4.74 Å². The van der Waals surface area contributed by atoms with Crippen molar-refractivity contribution >= 4 is 27.9 Å². The van der Waals surface area contributed by atoms with Crippen LogP contribution >= 0.6 is 0 Å². The van der Waals surface area contributed by atoms with Gasteiger partial charge < -0.3 is 14.0 Å². The molecule has 1 aromatic heterocycles. The lowest BCUT2D eigenvalue weighted by Crippen LogP contribution is -2.30. The van der Waals surface area contributed by atoms with Crippen molar-refractivity contribution < 1.29 is 36.3 Å². The van der Waals surface area contributed by atoms with E-state index in [-0.39, 0.29) is 5.75 Å². The van der Waals surface area contributed by atoms with Crippen molar-refractivity contribution in [3.63, 3.8) is 0 Å². The van der Waals surface area contributed by atoms with Crippen molar-refractivity contribution in [3.05, 3.63) is 88.6 Å². The lowest BCUT2D eigenvalue weighted by Gasteiger charge is -2.11. The maximum atomic E-state index is 12.7. The van der Waals surface area contributed by atoms with Gasteiger partial charge in [-0.1, -0.05) is 30.3 Å². The number of alkyl halides is 2. The van der Waals surface area contributed by atoms with Crippen molar-refractivity contribution in [2.45, 2.75) is 20.5 Å². The van der Waals surface area contributed by atoms with Crippen LogP contribution in [0.3, 0.4) is 0 Å². The molecule has 0 atom stereocenters. The molecule has 0 aliphatic rings. The zero-order valence-corrected chi connectivity index (χ0v) is 20.3. The molecule has 1 heterocycles. The third-order valence-corrected chi connectivity index (χ3v) is 6.11. The molecule has 0 aliphatic carbocycles. The maximum Gasteiger partial charge on any atom is 0.387 e. The number of hydrogen-bond donors (Lipinski definition) is 1. The fraction of sp³-hybridized carbons (Fsp3) is 0.200. The zero-order chi connectivity index (χ0) is 26.3. The van der Waals surface area contributed by atoms with Crippen LogP contribution in [0.25, 0.3) is 11.8 Å². The van der Waals surface area contributed by atoms with Crippen LogP contribution < -0.4 is 9.46 Å². The molecule has 11 heteroatoms. The highest BCUT2D eigenvalue weighted by Gasteiger charge is 2.19. The second kappa shape index (κ2) is 11.7. The number of sulfonamides is 1. The molecule has 8 nitrogen and oxygen atoms in total. The molecule has 0 radical (unpaired) electrons. The molecule has 0 saturated carbocycles. The Hall–Kier alpha value is -3.83. The summed E-state index contributed by atoms with van der Waals surface area (Å²) >= 11 is 0. The first kappa shape index (κ1) is 26.8. The fourth-order valence-electron chi connectivity index (χ4n) is 3.43. The van der Waals surface area contributed by atoms with Gasteiger partial charge in [0.25, 0.3) is 0 Å². The van der Waals surface area contributed by atoms with E-state index in [1.165, 1.54) is 18.2 Å². The smallest absolute Gasteiger partial charge is 0.387 e. The third-order valence-electron chi connectivity index (χ3n) is 5.07. The molecule has 0 bridgehead atoms. The van der Waals surface area contributed by atoms with Crippen LogP contribution in [-0.2, 0) is 19.6 Å². The molecule has 1 N–H and O–H groups in total. The van der Waals surface area contributed by atoms with Crippen molar-refractivity contribution in [3.8, 4) is 11.4 Å². The van der Waals surface area contributed by atoms with Crippen LogP contribution in [0.4, 0.5) is 8.78 Å². The van der Waals surface area contributed by atoms with E-state index in [2.05, 4.69) is 9.46 Å². The van der Waals surface area contributed by atoms with E-state index in [1.807, 2.05) is 0 Å². The summed E-state index contributed by atoms with van der Waals surface area (Å²) in [5.74, 6) is -1.39. The summed E-state index contributed by atoms with van der Waals surface area (Å²) < 4.78 is 61.9. The van der Waals surface area contributed by atoms with Gasteiger partial charge in [0.15, 0.2) is 6.61 Å². The van der Waals surface area contributed by atoms with E-state index in [9.17, 15) is 26.8 Å². The Morgan fingerprint density at radius 3 is 2.36 bits per heavy atom. The quantitative estimate of drug-likeness (QED) is 0.304. The van der Waals surface area contributed by atoms with Gasteiger partial charge in [-0.15, -0.1) is 0 Å². The van der Waals surface area contributed by atoms with Crippen LogP contribution in [0.5, 0.6) is 5.75 Å². The normalized spacial score (nSPS) is 11.7. The predicted molar refractivity (Wildman–Crippen MR) is 130 cm³/mol. The van der Waals surface area contributed by atoms with Crippen molar-refractivity contribution in [2.24, 2.45) is 0 Å². The molecule has 0 spiro atoms. The summed E-state index contributed by atoms with van der Waals surface area (Å²) in [7, 11) is -3.89. The number of aromatic nitrogens is 1. The SMILES string of the molecule is Cc1cc(C(=O)COC(=O)CNS(=O)(=O)C=Cc2ccccc2)c(C)n1-c1ccc(OC(F)F)cc1. The van der Waals surface area contributed by atoms with Gasteiger partial charge in [0.1, 0.15) is 12.3 Å². The van der Waals surface area contributed by atoms with Gasteiger partial charge in [0.05, 0.1) is 0 Å². The number of nitrogens with zero attached hydrogens (tertiary/aromatic N) is 1. The Morgan fingerprint density at radius 2 is 1.72 bits per heavy atom. The van der Waals surface area contributed by atoms with Gasteiger partial charge >= 0.3 is 12.6 Å². The predicted octanol–water partition coefficient (Wildman–Crippen LogP) is 4.01. The molecule has 0 unspecified atom stereocenters. The van der Waals surface area contributed by atoms with Crippen LogP contribution in [-0.4, -0.2) is 44.5 Å². The number of rotatable bonds is 11. The number of nitrogens with one attached hydrogen (secondary N) is 1. The minimum Gasteiger partial charge on any atom is -0.456 e. The summed E-state index contributed by atoms with van der Waals surface area (Å²) in [5.41, 5.74) is 2.86. The molecular formula is C25H24F2N2O6S. The molecule has 36 heavy (non-hydrogen) atoms. The van der Waals surface area contributed by atoms with Gasteiger partial charge in [0.2, 0.25) is 15.8 Å². The van der Waals surface area contributed by atoms with Crippen LogP contribution in [0.1, 0.15) is 27.3 Å². The Kier molecular flexibility index (Phi) is 8.73. The Morgan fingerprint density at radius 1 is 1.06 bits per heavy atom. The molecule has 0 fully saturated rings. The first-order valence-electron chi connectivity index (χ1n) is 10.7. The van der Waals surface area contributed by atoms with E-state index >= 15 is 0 Å². The molecule has 3 aromatic rings. The number of ketones is 1. The lowest BCUT2D eigenvalue weighted by molar-refractivity contribution is -0.141. The van der Waals surface area contributed by atoms with Gasteiger partial charge in [0, 0.05) is 28.0 Å². The zero-order valence-electron chi connectivity index (χ0n) is 19.5. The number of benzene rings is 2. The summed E-state index contributed by atoms with van der Waals surface area (Å²) in [5, 5.41) is 0.932. The molecule has 190 valence electrons. The highest BCUT2D eigenvalue weighted by molar-refractivity contribution is 7.92. The monoisotopic (exact) mass is 518 g/mol. The molecule has 0 aliphatic heterocycles. The number of ether oxygens (including phenoxy) is 2. The Balaban J connectivity index is 1.57. The van der Waals surface area contributed by atoms with Crippen molar-refractivity contribution in [1.29, 1.82) is 0 Å². The summed E-state index contributed by atoms with van der Waals surface area (Å²) in [4.78, 5) is 24.6. The summed E-state index contributed by atoms with van der Waals surface area (Å²) in [6.45, 7) is -0.693. The molecular weight excluding hydrogens is 494 g/mol. The van der Waals surface area contributed by atoms with Gasteiger partial charge in [-0.25, -0.2) is 13.1 Å². The van der Waals surface area contributed by atoms with Crippen LogP contribution in [0.2, 0.25) is 0 Å². The maximum absolute atomic E-state index is 12.7. The topological polar surface area (TPSA) is 104 Å². The molecule has 0 saturated heterocycles. The third kappa shape index (κ3) is 7.33. The number of aryl methyl sites for hydroxylation is 1. The number of carbonyl (C=O) groups excluding carboxylic acids is 2. The lowest BCUT2D eigenvalue weighted by atomic mass is 10.1. The van der Waals surface area contributed by atoms with E-state index in [1.54, 1.807) is 66.9 Å². The number of halogens is 2. The molecule has 3 rings (SSSR count). The first-order chi connectivity index (χ1) is 17.1. The first-order valence-corrected chi connectivity index (χ1v) is 12.3. The van der Waals surface area contributed by atoms with E-state index in [0.29, 0.717) is 28.2 Å². The van der Waals surface area contributed by atoms with Crippen molar-refractivity contribution in [1.82, 2.24) is 9.29 Å². The molecule has 2 aromatic carbocycles. The minimum atomic E-state index is -3.89. The summed E-state index contributed by atoms with van der Waals surface area (Å²) in [6.07, 6.45) is 1.38. The second-order valence-corrected chi connectivity index (χ2v) is 9.31. The number of Topliss-reactive ketones (excluding diaryl/α,β-unsaturated/α-hetero) is 1. The van der Waals surface area contributed by atoms with Crippen LogP contribution in [0, 0.1) is 13.8 Å². The highest BCUT2D eigenvalue weighted by Crippen LogP contribution is 2.24. The van der Waals surface area contributed by atoms with E-state index in [0.717, 1.165) is 5.41 Å². The second-order valence-electron chi connectivity index (χ2n) is 7.66. The average Bonchev–Trinajstić information content (AvgIpc) is 3.14. The summed E-state index contributed by atoms with van der Waals surface area (Å²) in [6, 6.07) is 16.3. The number of hydrogen-bond acceptors (Lipinski definition) is 6. The largest absolute Gasteiger partial charge is 0.456 e. The van der Waals surface area contributed by atoms with Crippen LogP contribution in [0.15, 0.2) is 66.1 Å². The average molecular weight is 519 g/mol. The number of carbonyl (C=O) groups is 2. The van der Waals surface area contributed by atoms with E-state index < -0.39 is 41.5 Å². The van der Waals surface area contributed by atoms with Crippen molar-refractivity contribution in [2.75, 3.05) is 13.2 Å². The Bertz CT molecular complexity index is 1350. The minimum absolute atomic E-state index is 0.00519. The van der Waals surface area contributed by atoms with Gasteiger partial charge in [-0.05, 0) is 55.8 Å². The highest BCUT2D eigenvalue weighted by atomic mass is 32.2. The fourth-order valence-corrected chi connectivity index (χ4v) is 4.19. The molecule has 0 amide bonds.